The van der Waals surface area contributed by atoms with E-state index < -0.39 is 11.0 Å². The molecule has 0 saturated carbocycles. The van der Waals surface area contributed by atoms with Crippen LogP contribution in [0.4, 0.5) is 5.69 Å². The highest BCUT2D eigenvalue weighted by molar-refractivity contribution is 5.76. The summed E-state index contributed by atoms with van der Waals surface area (Å²) >= 11 is 0. The number of non-ortho nitro benzene ring substituents is 1. The number of hydrogen-bond donors (Lipinski definition) is 1. The Balaban J connectivity index is 1.96. The molecule has 0 radical (unpaired) electrons. The van der Waals surface area contributed by atoms with E-state index in [9.17, 15) is 20.0 Å². The van der Waals surface area contributed by atoms with Gasteiger partial charge in [0.25, 0.3) is 11.2 Å². The first-order valence-electron chi connectivity index (χ1n) is 6.77. The van der Waals surface area contributed by atoms with Gasteiger partial charge in [0.15, 0.2) is 0 Å². The van der Waals surface area contributed by atoms with Crippen molar-refractivity contribution in [2.45, 2.75) is 12.6 Å². The minimum Gasteiger partial charge on any atom is -0.386 e. The lowest BCUT2D eigenvalue weighted by atomic mass is 10.1. The molecule has 0 amide bonds. The number of nitro benzene ring substituents is 1. The number of aryl methyl sites for hydroxylation is 1. The number of aliphatic hydroxyl groups excluding tert-OH is 1. The molecule has 0 aliphatic rings. The molecular weight excluding hydrogens is 302 g/mol. The summed E-state index contributed by atoms with van der Waals surface area (Å²) in [4.78, 5) is 22.4. The van der Waals surface area contributed by atoms with Gasteiger partial charge >= 0.3 is 0 Å². The molecule has 0 fully saturated rings. The molecule has 1 aromatic carbocycles. The fraction of sp³-hybridized carbons (Fsp3) is 0.214. The third-order valence-corrected chi connectivity index (χ3v) is 3.55. The third-order valence-electron chi connectivity index (χ3n) is 3.55. The van der Waals surface area contributed by atoms with Gasteiger partial charge in [-0.15, -0.1) is 0 Å². The van der Waals surface area contributed by atoms with Gasteiger partial charge in [0.2, 0.25) is 0 Å². The summed E-state index contributed by atoms with van der Waals surface area (Å²) in [7, 11) is 1.52. The zero-order valence-electron chi connectivity index (χ0n) is 12.2. The molecule has 2 heterocycles. The lowest BCUT2D eigenvalue weighted by Crippen LogP contribution is -2.22. The number of nitrogens with zero attached hydrogens (tertiary/aromatic N) is 5. The van der Waals surface area contributed by atoms with E-state index in [1.54, 1.807) is 6.07 Å². The van der Waals surface area contributed by atoms with Crippen molar-refractivity contribution in [3.63, 3.8) is 0 Å². The van der Waals surface area contributed by atoms with Crippen molar-refractivity contribution in [3.8, 4) is 0 Å². The molecule has 0 aliphatic heterocycles. The second-order valence-corrected chi connectivity index (χ2v) is 5.07. The second-order valence-electron chi connectivity index (χ2n) is 5.07. The largest absolute Gasteiger partial charge is 0.386 e. The first-order valence-corrected chi connectivity index (χ1v) is 6.77. The lowest BCUT2D eigenvalue weighted by Gasteiger charge is -2.11. The number of rotatable bonds is 4. The van der Waals surface area contributed by atoms with Crippen LogP contribution in [0.15, 0.2) is 41.5 Å². The highest BCUT2D eigenvalue weighted by Crippen LogP contribution is 2.21. The van der Waals surface area contributed by atoms with E-state index in [0.717, 1.165) is 0 Å². The lowest BCUT2D eigenvalue weighted by molar-refractivity contribution is -0.385. The van der Waals surface area contributed by atoms with Crippen LogP contribution in [0.25, 0.3) is 10.9 Å². The summed E-state index contributed by atoms with van der Waals surface area (Å²) in [5.41, 5.74) is 0.277. The molecule has 0 unspecified atom stereocenters. The summed E-state index contributed by atoms with van der Waals surface area (Å²) in [5, 5.41) is 29.7. The smallest absolute Gasteiger partial charge is 0.292 e. The Morgan fingerprint density at radius 2 is 2.09 bits per heavy atom. The number of nitro groups is 1. The Bertz CT molecular complexity index is 946. The van der Waals surface area contributed by atoms with Gasteiger partial charge in [-0.2, -0.15) is 10.2 Å². The Kier molecular flexibility index (Phi) is 3.62. The summed E-state index contributed by atoms with van der Waals surface area (Å²) in [6.07, 6.45) is 1.97. The summed E-state index contributed by atoms with van der Waals surface area (Å²) in [6.45, 7) is 0.00389. The van der Waals surface area contributed by atoms with Crippen molar-refractivity contribution < 1.29 is 10.0 Å². The van der Waals surface area contributed by atoms with E-state index in [4.69, 9.17) is 0 Å². The van der Waals surface area contributed by atoms with Crippen LogP contribution in [0.3, 0.4) is 0 Å². The van der Waals surface area contributed by atoms with Crippen molar-refractivity contribution in [1.29, 1.82) is 0 Å². The van der Waals surface area contributed by atoms with Crippen LogP contribution >= 0.6 is 0 Å². The molecule has 118 valence electrons. The molecule has 0 bridgehead atoms. The average molecular weight is 315 g/mol. The third kappa shape index (κ3) is 2.69. The van der Waals surface area contributed by atoms with Crippen LogP contribution in [0.5, 0.6) is 0 Å². The van der Waals surface area contributed by atoms with Gasteiger partial charge in [-0.25, -0.2) is 4.68 Å². The van der Waals surface area contributed by atoms with E-state index in [0.29, 0.717) is 16.5 Å². The van der Waals surface area contributed by atoms with E-state index in [1.807, 2.05) is 0 Å². The zero-order valence-corrected chi connectivity index (χ0v) is 12.2. The maximum atomic E-state index is 12.1. The summed E-state index contributed by atoms with van der Waals surface area (Å²) in [6, 6.07) is 5.74. The van der Waals surface area contributed by atoms with Gasteiger partial charge in [-0.1, -0.05) is 12.1 Å². The summed E-state index contributed by atoms with van der Waals surface area (Å²) in [5.74, 6) is 0. The van der Waals surface area contributed by atoms with Crippen LogP contribution in [0, 0.1) is 10.1 Å². The Hall–Kier alpha value is -3.07. The molecule has 2 aromatic heterocycles. The van der Waals surface area contributed by atoms with Crippen molar-refractivity contribution in [2.24, 2.45) is 7.05 Å². The number of aromatic nitrogens is 4. The van der Waals surface area contributed by atoms with Gasteiger partial charge in [0, 0.05) is 24.6 Å². The van der Waals surface area contributed by atoms with Crippen LogP contribution in [-0.4, -0.2) is 29.6 Å². The number of fused-ring (bicyclic) bond motifs is 1. The molecular formula is C14H13N5O4. The van der Waals surface area contributed by atoms with Crippen LogP contribution in [0.2, 0.25) is 0 Å². The highest BCUT2D eigenvalue weighted by atomic mass is 16.6. The van der Waals surface area contributed by atoms with E-state index >= 15 is 0 Å². The molecule has 23 heavy (non-hydrogen) atoms. The fourth-order valence-corrected chi connectivity index (χ4v) is 2.34. The van der Waals surface area contributed by atoms with Crippen LogP contribution in [-0.2, 0) is 13.6 Å². The quantitative estimate of drug-likeness (QED) is 0.561. The van der Waals surface area contributed by atoms with E-state index in [2.05, 4.69) is 10.2 Å². The fourth-order valence-electron chi connectivity index (χ4n) is 2.34. The first kappa shape index (κ1) is 14.9. The van der Waals surface area contributed by atoms with Gasteiger partial charge in [-0.3, -0.25) is 19.6 Å². The minimum absolute atomic E-state index is 0.00389. The van der Waals surface area contributed by atoms with Crippen LogP contribution in [0.1, 0.15) is 11.7 Å². The Labute approximate surface area is 129 Å². The van der Waals surface area contributed by atoms with Gasteiger partial charge in [0.1, 0.15) is 5.52 Å². The molecule has 1 N–H and O–H groups in total. The maximum absolute atomic E-state index is 12.1. The Morgan fingerprint density at radius 1 is 1.35 bits per heavy atom. The second kappa shape index (κ2) is 5.61. The molecule has 0 saturated heterocycles. The molecule has 1 atom stereocenters. The molecule has 0 spiro atoms. The first-order chi connectivity index (χ1) is 11.0. The highest BCUT2D eigenvalue weighted by Gasteiger charge is 2.16. The Morgan fingerprint density at radius 3 is 2.83 bits per heavy atom. The average Bonchev–Trinajstić information content (AvgIpc) is 2.94. The van der Waals surface area contributed by atoms with E-state index in [-0.39, 0.29) is 17.8 Å². The number of benzene rings is 1. The standard InChI is InChI=1S/C14H13N5O4/c1-17-14(21)13-10(6-15-17)7-16-18(13)8-12(20)9-3-2-4-11(5-9)19(22)23/h2-7,12,20H,8H2,1H3/t12-/m0/s1. The van der Waals surface area contributed by atoms with E-state index in [1.165, 1.54) is 47.0 Å². The molecule has 3 rings (SSSR count). The van der Waals surface area contributed by atoms with Crippen molar-refractivity contribution in [3.05, 3.63) is 62.7 Å². The topological polar surface area (TPSA) is 116 Å². The zero-order chi connectivity index (χ0) is 16.6. The molecule has 9 nitrogen and oxygen atoms in total. The summed E-state index contributed by atoms with van der Waals surface area (Å²) < 4.78 is 2.56. The van der Waals surface area contributed by atoms with Gasteiger partial charge < -0.3 is 5.11 Å². The van der Waals surface area contributed by atoms with Gasteiger partial charge in [0.05, 0.1) is 30.0 Å². The monoisotopic (exact) mass is 315 g/mol. The van der Waals surface area contributed by atoms with Crippen molar-refractivity contribution in [2.75, 3.05) is 0 Å². The minimum atomic E-state index is -1.03. The molecule has 0 aliphatic carbocycles. The molecule has 9 heteroatoms. The van der Waals surface area contributed by atoms with Gasteiger partial charge in [-0.05, 0) is 5.56 Å². The normalized spacial score (nSPS) is 12.4. The number of hydrogen-bond acceptors (Lipinski definition) is 6. The van der Waals surface area contributed by atoms with Crippen molar-refractivity contribution in [1.82, 2.24) is 19.6 Å². The molecule has 3 aromatic rings. The predicted octanol–water partition coefficient (Wildman–Crippen LogP) is 0.772. The number of aliphatic hydroxyl groups is 1. The SMILES string of the molecule is Cn1ncc2cnn(C[C@H](O)c3cccc([N+](=O)[O-])c3)c2c1=O. The maximum Gasteiger partial charge on any atom is 0.292 e. The predicted molar refractivity (Wildman–Crippen MR) is 80.8 cm³/mol. The van der Waals surface area contributed by atoms with Crippen molar-refractivity contribution >= 4 is 16.6 Å². The van der Waals surface area contributed by atoms with Crippen LogP contribution < -0.4 is 5.56 Å².